The molecule has 4 heterocycles. The maximum atomic E-state index is 12.4. The molecule has 1 saturated heterocycles. The van der Waals surface area contributed by atoms with Crippen molar-refractivity contribution in [3.8, 4) is 0 Å². The average Bonchev–Trinajstić information content (AvgIpc) is 3.26. The zero-order valence-electron chi connectivity index (χ0n) is 14.9. The van der Waals surface area contributed by atoms with Crippen LogP contribution in [0.2, 0.25) is 0 Å². The van der Waals surface area contributed by atoms with Gasteiger partial charge in [-0.05, 0) is 43.3 Å². The minimum atomic E-state index is -0.0313. The summed E-state index contributed by atoms with van der Waals surface area (Å²) in [6, 6.07) is 11.6. The van der Waals surface area contributed by atoms with Gasteiger partial charge in [0.1, 0.15) is 5.82 Å². The van der Waals surface area contributed by atoms with Crippen LogP contribution in [-0.4, -0.2) is 50.3 Å². The van der Waals surface area contributed by atoms with Crippen molar-refractivity contribution in [1.82, 2.24) is 30.1 Å². The van der Waals surface area contributed by atoms with Crippen LogP contribution in [0.15, 0.2) is 42.6 Å². The fourth-order valence-electron chi connectivity index (χ4n) is 3.47. The number of hydrogen-bond donors (Lipinski definition) is 2. The number of carbonyl (C=O) groups is 1. The van der Waals surface area contributed by atoms with Crippen LogP contribution < -0.4 is 10.2 Å². The highest BCUT2D eigenvalue weighted by molar-refractivity contribution is 5.98. The molecule has 0 saturated carbocycles. The smallest absolute Gasteiger partial charge is 0.251 e. The number of nitrogens with zero attached hydrogens (tertiary/aromatic N) is 5. The van der Waals surface area contributed by atoms with Crippen molar-refractivity contribution < 1.29 is 4.79 Å². The lowest BCUT2D eigenvalue weighted by Crippen LogP contribution is -2.52. The first-order valence-corrected chi connectivity index (χ1v) is 8.97. The van der Waals surface area contributed by atoms with E-state index in [2.05, 4.69) is 30.5 Å². The lowest BCUT2D eigenvalue weighted by atomic mass is 10.00. The molecule has 1 fully saturated rings. The molecule has 0 spiro atoms. The second-order valence-corrected chi connectivity index (χ2v) is 6.97. The number of rotatable bonds is 4. The van der Waals surface area contributed by atoms with Crippen LogP contribution in [-0.2, 0) is 0 Å². The molecule has 136 valence electrons. The number of benzene rings is 1. The zero-order valence-corrected chi connectivity index (χ0v) is 14.9. The minimum Gasteiger partial charge on any atom is -0.361 e. The second-order valence-electron chi connectivity index (χ2n) is 6.97. The number of H-pyrrole nitrogens is 1. The van der Waals surface area contributed by atoms with Gasteiger partial charge in [0.2, 0.25) is 0 Å². The van der Waals surface area contributed by atoms with E-state index >= 15 is 0 Å². The maximum absolute atomic E-state index is 12.4. The van der Waals surface area contributed by atoms with E-state index < -0.39 is 0 Å². The van der Waals surface area contributed by atoms with Gasteiger partial charge in [0.15, 0.2) is 11.5 Å². The van der Waals surface area contributed by atoms with Gasteiger partial charge >= 0.3 is 0 Å². The molecule has 0 aliphatic carbocycles. The van der Waals surface area contributed by atoms with Crippen molar-refractivity contribution >= 4 is 28.3 Å². The molecule has 0 bridgehead atoms. The highest BCUT2D eigenvalue weighted by Crippen LogP contribution is 2.22. The molecule has 27 heavy (non-hydrogen) atoms. The van der Waals surface area contributed by atoms with E-state index in [-0.39, 0.29) is 5.91 Å². The molecule has 4 aromatic rings. The van der Waals surface area contributed by atoms with Crippen LogP contribution in [0.5, 0.6) is 0 Å². The summed E-state index contributed by atoms with van der Waals surface area (Å²) in [4.78, 5) is 17.7. The van der Waals surface area contributed by atoms with Crippen molar-refractivity contribution in [3.05, 3.63) is 54.0 Å². The first-order valence-electron chi connectivity index (χ1n) is 8.97. The Morgan fingerprint density at radius 2 is 2.11 bits per heavy atom. The number of anilines is 1. The number of aromatic amines is 1. The molecular formula is C19H19N7O. The van der Waals surface area contributed by atoms with E-state index in [9.17, 15) is 4.79 Å². The summed E-state index contributed by atoms with van der Waals surface area (Å²) in [5.41, 5.74) is 2.47. The number of hydrogen-bond acceptors (Lipinski definition) is 5. The van der Waals surface area contributed by atoms with E-state index in [0.29, 0.717) is 18.0 Å². The van der Waals surface area contributed by atoms with Crippen LogP contribution in [0, 0.1) is 12.8 Å². The van der Waals surface area contributed by atoms with E-state index in [1.54, 1.807) is 4.52 Å². The van der Waals surface area contributed by atoms with Gasteiger partial charge in [0, 0.05) is 48.2 Å². The van der Waals surface area contributed by atoms with Gasteiger partial charge in [-0.1, -0.05) is 0 Å². The van der Waals surface area contributed by atoms with Gasteiger partial charge in [-0.15, -0.1) is 15.3 Å². The zero-order chi connectivity index (χ0) is 18.4. The number of carbonyl (C=O) groups excluding carboxylic acids is 1. The monoisotopic (exact) mass is 361 g/mol. The van der Waals surface area contributed by atoms with Crippen molar-refractivity contribution in [1.29, 1.82) is 0 Å². The summed E-state index contributed by atoms with van der Waals surface area (Å²) in [5.74, 6) is 2.07. The van der Waals surface area contributed by atoms with Gasteiger partial charge in [0.05, 0.1) is 0 Å². The Hall–Kier alpha value is -3.42. The number of fused-ring (bicyclic) bond motifs is 2. The van der Waals surface area contributed by atoms with E-state index in [0.717, 1.165) is 41.3 Å². The standard InChI is InChI=1S/C19H19N7O/c1-12-22-23-17-4-5-18(24-26(12)17)25-10-13(11-25)9-21-19(27)15-2-3-16-14(8-15)6-7-20-16/h2-8,13,20H,9-11H2,1H3,(H,21,27). The lowest BCUT2D eigenvalue weighted by molar-refractivity contribution is 0.0944. The first-order chi connectivity index (χ1) is 13.2. The predicted molar refractivity (Wildman–Crippen MR) is 102 cm³/mol. The van der Waals surface area contributed by atoms with Crippen LogP contribution in [0.3, 0.4) is 0 Å². The van der Waals surface area contributed by atoms with Crippen LogP contribution in [0.4, 0.5) is 5.82 Å². The molecule has 3 aromatic heterocycles. The third kappa shape index (κ3) is 2.79. The summed E-state index contributed by atoms with van der Waals surface area (Å²) >= 11 is 0. The number of aromatic nitrogens is 5. The summed E-state index contributed by atoms with van der Waals surface area (Å²) in [7, 11) is 0. The minimum absolute atomic E-state index is 0.0313. The van der Waals surface area contributed by atoms with Crippen molar-refractivity contribution in [2.24, 2.45) is 5.92 Å². The van der Waals surface area contributed by atoms with Gasteiger partial charge in [-0.3, -0.25) is 4.79 Å². The fraction of sp³-hybridized carbons (Fsp3) is 0.263. The number of aryl methyl sites for hydroxylation is 1. The predicted octanol–water partition coefficient (Wildman–Crippen LogP) is 1.78. The van der Waals surface area contributed by atoms with E-state index in [4.69, 9.17) is 0 Å². The van der Waals surface area contributed by atoms with Gasteiger partial charge in [0.25, 0.3) is 5.91 Å². The highest BCUT2D eigenvalue weighted by Gasteiger charge is 2.28. The molecule has 0 unspecified atom stereocenters. The van der Waals surface area contributed by atoms with Gasteiger partial charge in [-0.2, -0.15) is 4.52 Å². The molecule has 0 radical (unpaired) electrons. The number of amides is 1. The molecule has 1 aliphatic rings. The largest absolute Gasteiger partial charge is 0.361 e. The summed E-state index contributed by atoms with van der Waals surface area (Å²) in [5, 5.41) is 16.8. The molecule has 1 aliphatic heterocycles. The van der Waals surface area contributed by atoms with E-state index in [1.165, 1.54) is 0 Å². The molecule has 0 atom stereocenters. The summed E-state index contributed by atoms with van der Waals surface area (Å²) in [6.45, 7) is 4.29. The van der Waals surface area contributed by atoms with Gasteiger partial charge < -0.3 is 15.2 Å². The third-order valence-corrected chi connectivity index (χ3v) is 5.05. The molecule has 5 rings (SSSR count). The van der Waals surface area contributed by atoms with Crippen LogP contribution in [0.1, 0.15) is 16.2 Å². The van der Waals surface area contributed by atoms with E-state index in [1.807, 2.05) is 49.5 Å². The lowest BCUT2D eigenvalue weighted by Gasteiger charge is -2.40. The molecule has 8 heteroatoms. The average molecular weight is 361 g/mol. The maximum Gasteiger partial charge on any atom is 0.251 e. The number of nitrogens with one attached hydrogen (secondary N) is 2. The van der Waals surface area contributed by atoms with Crippen molar-refractivity contribution in [2.45, 2.75) is 6.92 Å². The molecular weight excluding hydrogens is 342 g/mol. The molecule has 1 aromatic carbocycles. The fourth-order valence-corrected chi connectivity index (χ4v) is 3.47. The molecule has 2 N–H and O–H groups in total. The SMILES string of the molecule is Cc1nnc2ccc(N3CC(CNC(=O)c4ccc5[nH]ccc5c4)C3)nn12. The van der Waals surface area contributed by atoms with Crippen molar-refractivity contribution in [3.63, 3.8) is 0 Å². The van der Waals surface area contributed by atoms with Crippen molar-refractivity contribution in [2.75, 3.05) is 24.5 Å². The summed E-state index contributed by atoms with van der Waals surface area (Å²) in [6.07, 6.45) is 1.88. The summed E-state index contributed by atoms with van der Waals surface area (Å²) < 4.78 is 1.75. The molecule has 1 amide bonds. The third-order valence-electron chi connectivity index (χ3n) is 5.05. The first kappa shape index (κ1) is 15.8. The van der Waals surface area contributed by atoms with Crippen LogP contribution in [0.25, 0.3) is 16.6 Å². The Bertz CT molecular complexity index is 1140. The van der Waals surface area contributed by atoms with Crippen LogP contribution >= 0.6 is 0 Å². The quantitative estimate of drug-likeness (QED) is 0.578. The van der Waals surface area contributed by atoms with Gasteiger partial charge in [-0.25, -0.2) is 0 Å². The normalized spacial score (nSPS) is 14.6. The Morgan fingerprint density at radius 3 is 3.00 bits per heavy atom. The topological polar surface area (TPSA) is 91.2 Å². The Morgan fingerprint density at radius 1 is 1.22 bits per heavy atom. The molecule has 8 nitrogen and oxygen atoms in total. The highest BCUT2D eigenvalue weighted by atomic mass is 16.1. The Kier molecular flexibility index (Phi) is 3.56. The Balaban J connectivity index is 1.18. The second kappa shape index (κ2) is 6.08. The Labute approximate surface area is 155 Å².